The zero-order chi connectivity index (χ0) is 13.9. The van der Waals surface area contributed by atoms with Gasteiger partial charge < -0.3 is 14.9 Å². The van der Waals surface area contributed by atoms with Crippen LogP contribution in [0.15, 0.2) is 18.2 Å². The first kappa shape index (κ1) is 14.7. The molecule has 2 atom stereocenters. The first-order valence-corrected chi connectivity index (χ1v) is 5.07. The molecule has 0 aliphatic rings. The van der Waals surface area contributed by atoms with Crippen LogP contribution >= 0.6 is 0 Å². The third kappa shape index (κ3) is 3.85. The van der Waals surface area contributed by atoms with Crippen LogP contribution in [0.2, 0.25) is 0 Å². The van der Waals surface area contributed by atoms with E-state index in [0.29, 0.717) is 0 Å². The number of hydrogen-bond acceptors (Lipinski definition) is 3. The Labute approximate surface area is 101 Å². The molecule has 1 aromatic carbocycles. The molecule has 0 spiro atoms. The van der Waals surface area contributed by atoms with Crippen molar-refractivity contribution in [3.05, 3.63) is 29.6 Å². The number of aliphatic hydroxyl groups excluding tert-OH is 2. The molecule has 102 valence electrons. The topological polar surface area (TPSA) is 49.7 Å². The van der Waals surface area contributed by atoms with E-state index < -0.39 is 30.8 Å². The van der Waals surface area contributed by atoms with Crippen molar-refractivity contribution >= 4 is 0 Å². The van der Waals surface area contributed by atoms with Crippen LogP contribution in [0.3, 0.4) is 0 Å². The molecule has 1 rings (SSSR count). The van der Waals surface area contributed by atoms with Crippen molar-refractivity contribution in [2.75, 3.05) is 6.61 Å². The fourth-order valence-corrected chi connectivity index (χ4v) is 1.24. The summed E-state index contributed by atoms with van der Waals surface area (Å²) in [6.45, 7) is 0.302. The van der Waals surface area contributed by atoms with Crippen LogP contribution in [0.25, 0.3) is 0 Å². The summed E-state index contributed by atoms with van der Waals surface area (Å²) >= 11 is 0. The Hall–Kier alpha value is -1.34. The molecule has 0 bridgehead atoms. The van der Waals surface area contributed by atoms with Gasteiger partial charge in [-0.15, -0.1) is 0 Å². The molecule has 0 saturated carbocycles. The minimum absolute atomic E-state index is 0.0179. The van der Waals surface area contributed by atoms with Crippen molar-refractivity contribution < 1.29 is 32.5 Å². The predicted molar refractivity (Wildman–Crippen MR) is 54.6 cm³/mol. The standard InChI is InChI=1S/C11H12F4O3/c1-6(16)8-4-7(12)2-3-9(8)18-5-10(17)11(13,14)15/h2-4,6,10,16-17H,5H2,1H3/t6-,10?/m0/s1. The Morgan fingerprint density at radius 2 is 1.89 bits per heavy atom. The Morgan fingerprint density at radius 1 is 1.28 bits per heavy atom. The summed E-state index contributed by atoms with van der Waals surface area (Å²) in [7, 11) is 0. The van der Waals surface area contributed by atoms with Gasteiger partial charge in [0.1, 0.15) is 18.2 Å². The Bertz CT molecular complexity index is 404. The van der Waals surface area contributed by atoms with Crippen molar-refractivity contribution in [1.82, 2.24) is 0 Å². The monoisotopic (exact) mass is 268 g/mol. The molecule has 3 nitrogen and oxygen atoms in total. The minimum Gasteiger partial charge on any atom is -0.490 e. The van der Waals surface area contributed by atoms with E-state index in [1.54, 1.807) is 0 Å². The maximum Gasteiger partial charge on any atom is 0.417 e. The molecule has 7 heteroatoms. The highest BCUT2D eigenvalue weighted by atomic mass is 19.4. The lowest BCUT2D eigenvalue weighted by atomic mass is 10.1. The summed E-state index contributed by atoms with van der Waals surface area (Å²) in [5.41, 5.74) is 0.0179. The van der Waals surface area contributed by atoms with Gasteiger partial charge in [-0.1, -0.05) is 0 Å². The molecule has 1 unspecified atom stereocenters. The largest absolute Gasteiger partial charge is 0.490 e. The summed E-state index contributed by atoms with van der Waals surface area (Å²) in [6.07, 6.45) is -8.52. The van der Waals surface area contributed by atoms with Crippen molar-refractivity contribution in [2.45, 2.75) is 25.3 Å². The fraction of sp³-hybridized carbons (Fsp3) is 0.455. The molecular formula is C11H12F4O3. The zero-order valence-electron chi connectivity index (χ0n) is 9.41. The van der Waals surface area contributed by atoms with Gasteiger partial charge in [0, 0.05) is 5.56 Å². The lowest BCUT2D eigenvalue weighted by Gasteiger charge is -2.18. The molecule has 0 aliphatic heterocycles. The third-order valence-corrected chi connectivity index (χ3v) is 2.20. The number of benzene rings is 1. The number of halogens is 4. The van der Waals surface area contributed by atoms with Crippen LogP contribution in [-0.4, -0.2) is 29.1 Å². The van der Waals surface area contributed by atoms with E-state index in [-0.39, 0.29) is 11.3 Å². The van der Waals surface area contributed by atoms with Crippen LogP contribution in [0.1, 0.15) is 18.6 Å². The highest BCUT2D eigenvalue weighted by Crippen LogP contribution is 2.27. The van der Waals surface area contributed by atoms with Crippen LogP contribution < -0.4 is 4.74 Å². The number of ether oxygens (including phenoxy) is 1. The minimum atomic E-state index is -4.79. The van der Waals surface area contributed by atoms with E-state index in [4.69, 9.17) is 9.84 Å². The van der Waals surface area contributed by atoms with E-state index >= 15 is 0 Å². The summed E-state index contributed by atoms with van der Waals surface area (Å²) in [6, 6.07) is 3.04. The lowest BCUT2D eigenvalue weighted by molar-refractivity contribution is -0.210. The second-order valence-corrected chi connectivity index (χ2v) is 3.73. The zero-order valence-corrected chi connectivity index (χ0v) is 9.41. The Kier molecular flexibility index (Phi) is 4.53. The summed E-state index contributed by atoms with van der Waals surface area (Å²) < 4.78 is 53.8. The summed E-state index contributed by atoms with van der Waals surface area (Å²) in [5.74, 6) is -0.746. The predicted octanol–water partition coefficient (Wildman–Crippen LogP) is 2.18. The second-order valence-electron chi connectivity index (χ2n) is 3.73. The van der Waals surface area contributed by atoms with Gasteiger partial charge in [-0.3, -0.25) is 0 Å². The molecule has 2 N–H and O–H groups in total. The van der Waals surface area contributed by atoms with E-state index in [0.717, 1.165) is 18.2 Å². The maximum atomic E-state index is 12.9. The second kappa shape index (κ2) is 5.53. The Balaban J connectivity index is 2.79. The summed E-state index contributed by atoms with van der Waals surface area (Å²) in [5, 5.41) is 18.1. The van der Waals surface area contributed by atoms with Gasteiger partial charge in [0.25, 0.3) is 0 Å². The molecule has 18 heavy (non-hydrogen) atoms. The molecule has 0 radical (unpaired) electrons. The van der Waals surface area contributed by atoms with Crippen LogP contribution in [-0.2, 0) is 0 Å². The lowest BCUT2D eigenvalue weighted by Crippen LogP contribution is -2.34. The first-order valence-electron chi connectivity index (χ1n) is 5.07. The maximum absolute atomic E-state index is 12.9. The number of hydrogen-bond donors (Lipinski definition) is 2. The highest BCUT2D eigenvalue weighted by Gasteiger charge is 2.38. The summed E-state index contributed by atoms with van der Waals surface area (Å²) in [4.78, 5) is 0. The first-order chi connectivity index (χ1) is 8.21. The van der Waals surface area contributed by atoms with E-state index in [1.165, 1.54) is 6.92 Å². The van der Waals surface area contributed by atoms with Gasteiger partial charge in [-0.05, 0) is 25.1 Å². The number of alkyl halides is 3. The van der Waals surface area contributed by atoms with E-state index in [2.05, 4.69) is 0 Å². The molecule has 0 aromatic heterocycles. The molecule has 0 heterocycles. The van der Waals surface area contributed by atoms with Gasteiger partial charge in [0.15, 0.2) is 6.10 Å². The van der Waals surface area contributed by atoms with Crippen molar-refractivity contribution in [1.29, 1.82) is 0 Å². The average molecular weight is 268 g/mol. The van der Waals surface area contributed by atoms with Crippen molar-refractivity contribution in [2.24, 2.45) is 0 Å². The average Bonchev–Trinajstić information content (AvgIpc) is 2.25. The van der Waals surface area contributed by atoms with Crippen LogP contribution in [0, 0.1) is 5.82 Å². The number of rotatable bonds is 4. The smallest absolute Gasteiger partial charge is 0.417 e. The van der Waals surface area contributed by atoms with E-state index in [9.17, 15) is 22.7 Å². The molecule has 0 saturated heterocycles. The molecule has 0 fully saturated rings. The Morgan fingerprint density at radius 3 is 2.39 bits per heavy atom. The quantitative estimate of drug-likeness (QED) is 0.823. The normalized spacial score (nSPS) is 15.3. The highest BCUT2D eigenvalue weighted by molar-refractivity contribution is 5.35. The SMILES string of the molecule is C[C@H](O)c1cc(F)ccc1OCC(O)C(F)(F)F. The molecular weight excluding hydrogens is 256 g/mol. The van der Waals surface area contributed by atoms with Gasteiger partial charge in [0.2, 0.25) is 0 Å². The number of aliphatic hydroxyl groups is 2. The van der Waals surface area contributed by atoms with E-state index in [1.807, 2.05) is 0 Å². The van der Waals surface area contributed by atoms with Crippen LogP contribution in [0.5, 0.6) is 5.75 Å². The third-order valence-electron chi connectivity index (χ3n) is 2.20. The fourth-order valence-electron chi connectivity index (χ4n) is 1.24. The van der Waals surface area contributed by atoms with Gasteiger partial charge in [0.05, 0.1) is 6.10 Å². The van der Waals surface area contributed by atoms with Crippen LogP contribution in [0.4, 0.5) is 17.6 Å². The van der Waals surface area contributed by atoms with Gasteiger partial charge in [-0.2, -0.15) is 13.2 Å². The molecule has 0 amide bonds. The van der Waals surface area contributed by atoms with Gasteiger partial charge in [-0.25, -0.2) is 4.39 Å². The molecule has 0 aliphatic carbocycles. The van der Waals surface area contributed by atoms with Crippen molar-refractivity contribution in [3.8, 4) is 5.75 Å². The van der Waals surface area contributed by atoms with Crippen molar-refractivity contribution in [3.63, 3.8) is 0 Å². The molecule has 1 aromatic rings. The van der Waals surface area contributed by atoms with Gasteiger partial charge >= 0.3 is 6.18 Å².